The Kier molecular flexibility index (Phi) is 2.62. The summed E-state index contributed by atoms with van der Waals surface area (Å²) >= 11 is 0. The summed E-state index contributed by atoms with van der Waals surface area (Å²) in [6.45, 7) is 0. The number of nitriles is 1. The minimum absolute atomic E-state index is 0.434. The smallest absolute Gasteiger partial charge is 0.149 e. The molecule has 0 aliphatic heterocycles. The van der Waals surface area contributed by atoms with Crippen molar-refractivity contribution in [2.24, 2.45) is 0 Å². The monoisotopic (exact) mass is 245 g/mol. The van der Waals surface area contributed by atoms with E-state index in [1.807, 2.05) is 54.6 Å². The first kappa shape index (κ1) is 11.2. The molecule has 0 fully saturated rings. The number of aromatic nitrogens is 1. The third-order valence-electron chi connectivity index (χ3n) is 3.05. The number of benzene rings is 2. The standard InChI is InChI=1S/C16H11N3/c17-10-16-14(11-5-7-13(18)8-6-11)9-12-3-1-2-4-15(12)19-16/h1-9H,18H2. The van der Waals surface area contributed by atoms with E-state index in [1.54, 1.807) is 0 Å². The highest BCUT2D eigenvalue weighted by atomic mass is 14.7. The number of pyridine rings is 1. The molecule has 3 nitrogen and oxygen atoms in total. The van der Waals surface area contributed by atoms with E-state index in [1.165, 1.54) is 0 Å². The maximum Gasteiger partial charge on any atom is 0.149 e. The second-order valence-electron chi connectivity index (χ2n) is 4.31. The van der Waals surface area contributed by atoms with E-state index in [9.17, 15) is 5.26 Å². The van der Waals surface area contributed by atoms with Gasteiger partial charge in [-0.2, -0.15) is 5.26 Å². The van der Waals surface area contributed by atoms with Gasteiger partial charge in [0.1, 0.15) is 11.8 Å². The van der Waals surface area contributed by atoms with Gasteiger partial charge in [0.25, 0.3) is 0 Å². The zero-order chi connectivity index (χ0) is 13.2. The topological polar surface area (TPSA) is 62.7 Å². The van der Waals surface area contributed by atoms with Crippen molar-refractivity contribution >= 4 is 16.6 Å². The predicted molar refractivity (Wildman–Crippen MR) is 76.3 cm³/mol. The molecule has 0 radical (unpaired) electrons. The van der Waals surface area contributed by atoms with Gasteiger partial charge in [0.05, 0.1) is 5.52 Å². The molecule has 2 aromatic carbocycles. The Labute approximate surface area is 110 Å². The fourth-order valence-electron chi connectivity index (χ4n) is 2.08. The summed E-state index contributed by atoms with van der Waals surface area (Å²) in [5, 5.41) is 10.3. The minimum Gasteiger partial charge on any atom is -0.399 e. The van der Waals surface area contributed by atoms with E-state index >= 15 is 0 Å². The Morgan fingerprint density at radius 2 is 1.74 bits per heavy atom. The third-order valence-corrected chi connectivity index (χ3v) is 3.05. The molecule has 0 spiro atoms. The fourth-order valence-corrected chi connectivity index (χ4v) is 2.08. The first-order chi connectivity index (χ1) is 9.28. The highest BCUT2D eigenvalue weighted by molar-refractivity contribution is 5.86. The highest BCUT2D eigenvalue weighted by Crippen LogP contribution is 2.26. The molecule has 3 aromatic rings. The van der Waals surface area contributed by atoms with E-state index in [0.717, 1.165) is 22.0 Å². The van der Waals surface area contributed by atoms with Gasteiger partial charge in [-0.05, 0) is 29.8 Å². The quantitative estimate of drug-likeness (QED) is 0.669. The van der Waals surface area contributed by atoms with Crippen LogP contribution in [0, 0.1) is 11.3 Å². The summed E-state index contributed by atoms with van der Waals surface area (Å²) < 4.78 is 0. The van der Waals surface area contributed by atoms with Gasteiger partial charge in [-0.1, -0.05) is 30.3 Å². The molecule has 0 unspecified atom stereocenters. The largest absolute Gasteiger partial charge is 0.399 e. The van der Waals surface area contributed by atoms with Crippen LogP contribution in [0.15, 0.2) is 54.6 Å². The van der Waals surface area contributed by atoms with Crippen molar-refractivity contribution in [1.29, 1.82) is 5.26 Å². The normalized spacial score (nSPS) is 10.3. The Morgan fingerprint density at radius 1 is 1.00 bits per heavy atom. The molecule has 0 atom stereocenters. The molecule has 0 saturated heterocycles. The van der Waals surface area contributed by atoms with Crippen molar-refractivity contribution in [3.8, 4) is 17.2 Å². The van der Waals surface area contributed by atoms with Crippen LogP contribution in [0.4, 0.5) is 5.69 Å². The van der Waals surface area contributed by atoms with Crippen LogP contribution in [-0.4, -0.2) is 4.98 Å². The van der Waals surface area contributed by atoms with Crippen molar-refractivity contribution in [1.82, 2.24) is 4.98 Å². The lowest BCUT2D eigenvalue weighted by Crippen LogP contribution is -1.91. The molecule has 2 N–H and O–H groups in total. The van der Waals surface area contributed by atoms with Gasteiger partial charge in [0.15, 0.2) is 0 Å². The second kappa shape index (κ2) is 4.43. The Bertz CT molecular complexity index is 783. The predicted octanol–water partition coefficient (Wildman–Crippen LogP) is 3.36. The zero-order valence-electron chi connectivity index (χ0n) is 10.2. The molecular formula is C16H11N3. The Balaban J connectivity index is 2.27. The number of para-hydroxylation sites is 1. The first-order valence-corrected chi connectivity index (χ1v) is 5.94. The van der Waals surface area contributed by atoms with Crippen molar-refractivity contribution in [3.63, 3.8) is 0 Å². The van der Waals surface area contributed by atoms with Crippen molar-refractivity contribution < 1.29 is 0 Å². The van der Waals surface area contributed by atoms with Gasteiger partial charge in [-0.3, -0.25) is 0 Å². The Hall–Kier alpha value is -2.86. The van der Waals surface area contributed by atoms with Crippen LogP contribution in [0.3, 0.4) is 0 Å². The van der Waals surface area contributed by atoms with Gasteiger partial charge < -0.3 is 5.73 Å². The van der Waals surface area contributed by atoms with Crippen LogP contribution < -0.4 is 5.73 Å². The maximum atomic E-state index is 9.26. The van der Waals surface area contributed by atoms with Crippen LogP contribution in [0.5, 0.6) is 0 Å². The minimum atomic E-state index is 0.434. The van der Waals surface area contributed by atoms with E-state index in [0.29, 0.717) is 11.4 Å². The number of nitrogen functional groups attached to an aromatic ring is 1. The van der Waals surface area contributed by atoms with Gasteiger partial charge in [0, 0.05) is 16.6 Å². The van der Waals surface area contributed by atoms with Crippen LogP contribution in [-0.2, 0) is 0 Å². The van der Waals surface area contributed by atoms with Crippen LogP contribution in [0.25, 0.3) is 22.0 Å². The van der Waals surface area contributed by atoms with Gasteiger partial charge in [0.2, 0.25) is 0 Å². The summed E-state index contributed by atoms with van der Waals surface area (Å²) in [4.78, 5) is 4.40. The summed E-state index contributed by atoms with van der Waals surface area (Å²) in [7, 11) is 0. The van der Waals surface area contributed by atoms with E-state index < -0.39 is 0 Å². The molecule has 3 heteroatoms. The van der Waals surface area contributed by atoms with Gasteiger partial charge >= 0.3 is 0 Å². The number of hydrogen-bond donors (Lipinski definition) is 1. The number of fused-ring (bicyclic) bond motifs is 1. The van der Waals surface area contributed by atoms with Crippen LogP contribution in [0.2, 0.25) is 0 Å². The average molecular weight is 245 g/mol. The molecule has 0 bridgehead atoms. The average Bonchev–Trinajstić information content (AvgIpc) is 2.46. The van der Waals surface area contributed by atoms with Crippen molar-refractivity contribution in [2.45, 2.75) is 0 Å². The lowest BCUT2D eigenvalue weighted by molar-refractivity contribution is 1.32. The first-order valence-electron chi connectivity index (χ1n) is 5.94. The summed E-state index contributed by atoms with van der Waals surface area (Å²) in [5.41, 5.74) is 9.44. The molecule has 0 aliphatic rings. The highest BCUT2D eigenvalue weighted by Gasteiger charge is 2.08. The molecule has 1 heterocycles. The lowest BCUT2D eigenvalue weighted by Gasteiger charge is -2.06. The summed E-state index contributed by atoms with van der Waals surface area (Å²) in [6, 6.07) is 19.4. The zero-order valence-corrected chi connectivity index (χ0v) is 10.2. The number of rotatable bonds is 1. The molecular weight excluding hydrogens is 234 g/mol. The third kappa shape index (κ3) is 2.00. The number of anilines is 1. The molecule has 1 aromatic heterocycles. The number of hydrogen-bond acceptors (Lipinski definition) is 3. The molecule has 0 aliphatic carbocycles. The summed E-state index contributed by atoms with van der Waals surface area (Å²) in [6.07, 6.45) is 0. The SMILES string of the molecule is N#Cc1nc2ccccc2cc1-c1ccc(N)cc1. The number of nitrogens with zero attached hydrogens (tertiary/aromatic N) is 2. The Morgan fingerprint density at radius 3 is 2.47 bits per heavy atom. The summed E-state index contributed by atoms with van der Waals surface area (Å²) in [5.74, 6) is 0. The van der Waals surface area contributed by atoms with E-state index in [2.05, 4.69) is 11.1 Å². The molecule has 0 saturated carbocycles. The van der Waals surface area contributed by atoms with Crippen LogP contribution in [0.1, 0.15) is 5.69 Å². The molecule has 0 amide bonds. The van der Waals surface area contributed by atoms with Crippen molar-refractivity contribution in [2.75, 3.05) is 5.73 Å². The maximum absolute atomic E-state index is 9.26. The number of nitrogens with two attached hydrogens (primary N) is 1. The fraction of sp³-hybridized carbons (Fsp3) is 0. The van der Waals surface area contributed by atoms with Gasteiger partial charge in [-0.25, -0.2) is 4.98 Å². The second-order valence-corrected chi connectivity index (χ2v) is 4.31. The van der Waals surface area contributed by atoms with E-state index in [-0.39, 0.29) is 0 Å². The molecule has 3 rings (SSSR count). The molecule has 90 valence electrons. The molecule has 19 heavy (non-hydrogen) atoms. The lowest BCUT2D eigenvalue weighted by atomic mass is 10.0. The van der Waals surface area contributed by atoms with Gasteiger partial charge in [-0.15, -0.1) is 0 Å². The van der Waals surface area contributed by atoms with E-state index in [4.69, 9.17) is 5.73 Å². The van der Waals surface area contributed by atoms with Crippen LogP contribution >= 0.6 is 0 Å². The van der Waals surface area contributed by atoms with Crippen molar-refractivity contribution in [3.05, 3.63) is 60.3 Å².